The molecular weight excluding hydrogens is 292 g/mol. The van der Waals surface area contributed by atoms with E-state index in [2.05, 4.69) is 4.98 Å². The minimum atomic E-state index is -0.943. The average molecular weight is 308 g/mol. The number of rotatable bonds is 5. The van der Waals surface area contributed by atoms with Crippen LogP contribution in [0.3, 0.4) is 0 Å². The highest BCUT2D eigenvalue weighted by molar-refractivity contribution is 5.87. The Labute approximate surface area is 133 Å². The molecule has 23 heavy (non-hydrogen) atoms. The lowest BCUT2D eigenvalue weighted by atomic mass is 10.2. The Kier molecular flexibility index (Phi) is 4.10. The molecule has 116 valence electrons. The molecule has 0 saturated carbocycles. The second kappa shape index (κ2) is 6.36. The second-order valence-electron chi connectivity index (χ2n) is 5.13. The fourth-order valence-electron chi connectivity index (χ4n) is 2.26. The molecule has 1 N–H and O–H groups in total. The SMILES string of the molecule is Cc1nccn1-c1ccc(COc2ccc(C(=O)O)cc2)cc1. The first-order valence-corrected chi connectivity index (χ1v) is 7.19. The maximum absolute atomic E-state index is 10.8. The van der Waals surface area contributed by atoms with Gasteiger partial charge in [-0.1, -0.05) is 12.1 Å². The highest BCUT2D eigenvalue weighted by Gasteiger charge is 2.03. The van der Waals surface area contributed by atoms with E-state index in [1.54, 1.807) is 18.3 Å². The molecule has 2 aromatic carbocycles. The molecule has 0 aliphatic rings. The Morgan fingerprint density at radius 1 is 1.13 bits per heavy atom. The van der Waals surface area contributed by atoms with Crippen molar-refractivity contribution in [3.63, 3.8) is 0 Å². The monoisotopic (exact) mass is 308 g/mol. The normalized spacial score (nSPS) is 10.5. The van der Waals surface area contributed by atoms with Crippen molar-refractivity contribution in [1.82, 2.24) is 9.55 Å². The molecule has 1 aromatic heterocycles. The summed E-state index contributed by atoms with van der Waals surface area (Å²) in [7, 11) is 0. The number of nitrogens with zero attached hydrogens (tertiary/aromatic N) is 2. The molecular formula is C18H16N2O3. The quantitative estimate of drug-likeness (QED) is 0.784. The van der Waals surface area contributed by atoms with Gasteiger partial charge in [-0.3, -0.25) is 0 Å². The van der Waals surface area contributed by atoms with Gasteiger partial charge in [-0.05, 0) is 48.9 Å². The van der Waals surface area contributed by atoms with E-state index in [0.717, 1.165) is 17.1 Å². The molecule has 3 rings (SSSR count). The third-order valence-corrected chi connectivity index (χ3v) is 3.55. The lowest BCUT2D eigenvalue weighted by Gasteiger charge is -2.09. The lowest BCUT2D eigenvalue weighted by molar-refractivity contribution is 0.0697. The van der Waals surface area contributed by atoms with Gasteiger partial charge >= 0.3 is 5.97 Å². The van der Waals surface area contributed by atoms with Crippen molar-refractivity contribution in [3.05, 3.63) is 77.9 Å². The highest BCUT2D eigenvalue weighted by atomic mass is 16.5. The van der Waals surface area contributed by atoms with E-state index < -0.39 is 5.97 Å². The Hall–Kier alpha value is -3.08. The van der Waals surface area contributed by atoms with E-state index in [0.29, 0.717) is 12.4 Å². The molecule has 5 nitrogen and oxygen atoms in total. The first-order chi connectivity index (χ1) is 11.1. The number of hydrogen-bond donors (Lipinski definition) is 1. The van der Waals surface area contributed by atoms with Crippen molar-refractivity contribution in [3.8, 4) is 11.4 Å². The van der Waals surface area contributed by atoms with Gasteiger partial charge in [0.25, 0.3) is 0 Å². The maximum Gasteiger partial charge on any atom is 0.335 e. The molecule has 0 saturated heterocycles. The van der Waals surface area contributed by atoms with Crippen LogP contribution in [0.5, 0.6) is 5.75 Å². The molecule has 5 heteroatoms. The molecule has 0 spiro atoms. The van der Waals surface area contributed by atoms with Gasteiger partial charge < -0.3 is 14.4 Å². The van der Waals surface area contributed by atoms with Crippen LogP contribution in [0.15, 0.2) is 60.9 Å². The number of hydrogen-bond acceptors (Lipinski definition) is 3. The van der Waals surface area contributed by atoms with Crippen molar-refractivity contribution in [2.75, 3.05) is 0 Å². The number of imidazole rings is 1. The standard InChI is InChI=1S/C18H16N2O3/c1-13-19-10-11-20(13)16-6-2-14(3-7-16)12-23-17-8-4-15(5-9-17)18(21)22/h2-11H,12H2,1H3,(H,21,22). The molecule has 0 aliphatic heterocycles. The third-order valence-electron chi connectivity index (χ3n) is 3.55. The van der Waals surface area contributed by atoms with Gasteiger partial charge in [-0.2, -0.15) is 0 Å². The highest BCUT2D eigenvalue weighted by Crippen LogP contribution is 2.16. The summed E-state index contributed by atoms with van der Waals surface area (Å²) in [4.78, 5) is 15.0. The zero-order valence-electron chi connectivity index (χ0n) is 12.6. The second-order valence-corrected chi connectivity index (χ2v) is 5.13. The smallest absolute Gasteiger partial charge is 0.335 e. The largest absolute Gasteiger partial charge is 0.489 e. The molecule has 0 atom stereocenters. The fourth-order valence-corrected chi connectivity index (χ4v) is 2.26. The Morgan fingerprint density at radius 2 is 1.83 bits per heavy atom. The van der Waals surface area contributed by atoms with Gasteiger partial charge in [0, 0.05) is 18.1 Å². The summed E-state index contributed by atoms with van der Waals surface area (Å²) in [6.07, 6.45) is 3.69. The lowest BCUT2D eigenvalue weighted by Crippen LogP contribution is -1.99. The number of carboxylic acids is 1. The van der Waals surface area contributed by atoms with Crippen LogP contribution in [-0.2, 0) is 6.61 Å². The number of benzene rings is 2. The summed E-state index contributed by atoms with van der Waals surface area (Å²) in [6, 6.07) is 14.4. The van der Waals surface area contributed by atoms with Crippen LogP contribution < -0.4 is 4.74 Å². The van der Waals surface area contributed by atoms with Crippen LogP contribution in [0.25, 0.3) is 5.69 Å². The third kappa shape index (κ3) is 3.40. The number of aromatic carboxylic acids is 1. The number of aromatic nitrogens is 2. The molecule has 0 fully saturated rings. The fraction of sp³-hybridized carbons (Fsp3) is 0.111. The van der Waals surface area contributed by atoms with Crippen molar-refractivity contribution in [1.29, 1.82) is 0 Å². The van der Waals surface area contributed by atoms with Gasteiger partial charge in [0.1, 0.15) is 18.2 Å². The molecule has 0 aliphatic carbocycles. The van der Waals surface area contributed by atoms with E-state index >= 15 is 0 Å². The van der Waals surface area contributed by atoms with Crippen LogP contribution >= 0.6 is 0 Å². The number of carbonyl (C=O) groups is 1. The molecule has 3 aromatic rings. The predicted octanol–water partition coefficient (Wildman–Crippen LogP) is 3.46. The van der Waals surface area contributed by atoms with E-state index in [9.17, 15) is 4.79 Å². The van der Waals surface area contributed by atoms with Crippen LogP contribution in [0.2, 0.25) is 0 Å². The van der Waals surface area contributed by atoms with Gasteiger partial charge in [0.2, 0.25) is 0 Å². The van der Waals surface area contributed by atoms with Gasteiger partial charge in [-0.15, -0.1) is 0 Å². The van der Waals surface area contributed by atoms with Crippen molar-refractivity contribution in [2.45, 2.75) is 13.5 Å². The zero-order valence-corrected chi connectivity index (χ0v) is 12.6. The topological polar surface area (TPSA) is 64.4 Å². The Balaban J connectivity index is 1.64. The zero-order chi connectivity index (χ0) is 16.2. The summed E-state index contributed by atoms with van der Waals surface area (Å²) in [5, 5.41) is 8.86. The van der Waals surface area contributed by atoms with E-state index in [4.69, 9.17) is 9.84 Å². The van der Waals surface area contributed by atoms with Gasteiger partial charge in [0.05, 0.1) is 5.56 Å². The molecule has 0 radical (unpaired) electrons. The van der Waals surface area contributed by atoms with Crippen LogP contribution in [-0.4, -0.2) is 20.6 Å². The predicted molar refractivity (Wildman–Crippen MR) is 86.0 cm³/mol. The van der Waals surface area contributed by atoms with Crippen LogP contribution in [0.4, 0.5) is 0 Å². The van der Waals surface area contributed by atoms with E-state index in [-0.39, 0.29) is 5.56 Å². The van der Waals surface area contributed by atoms with Crippen molar-refractivity contribution >= 4 is 5.97 Å². The summed E-state index contributed by atoms with van der Waals surface area (Å²) in [5.41, 5.74) is 2.33. The summed E-state index contributed by atoms with van der Waals surface area (Å²) < 4.78 is 7.68. The van der Waals surface area contributed by atoms with Gasteiger partial charge in [-0.25, -0.2) is 9.78 Å². The average Bonchev–Trinajstić information content (AvgIpc) is 3.00. The maximum atomic E-state index is 10.8. The van der Waals surface area contributed by atoms with Crippen molar-refractivity contribution < 1.29 is 14.6 Å². The van der Waals surface area contributed by atoms with Crippen LogP contribution in [0.1, 0.15) is 21.7 Å². The first kappa shape index (κ1) is 14.8. The summed E-state index contributed by atoms with van der Waals surface area (Å²) in [6.45, 7) is 2.38. The number of ether oxygens (including phenoxy) is 1. The molecule has 0 bridgehead atoms. The summed E-state index contributed by atoms with van der Waals surface area (Å²) in [5.74, 6) is 0.638. The van der Waals surface area contributed by atoms with Crippen molar-refractivity contribution in [2.24, 2.45) is 0 Å². The Bertz CT molecular complexity index is 805. The molecule has 1 heterocycles. The van der Waals surface area contributed by atoms with E-state index in [1.807, 2.05) is 42.0 Å². The minimum Gasteiger partial charge on any atom is -0.489 e. The summed E-state index contributed by atoms with van der Waals surface area (Å²) >= 11 is 0. The number of aryl methyl sites for hydroxylation is 1. The van der Waals surface area contributed by atoms with Gasteiger partial charge in [0.15, 0.2) is 0 Å². The Morgan fingerprint density at radius 3 is 2.39 bits per heavy atom. The minimum absolute atomic E-state index is 0.248. The molecule has 0 unspecified atom stereocenters. The molecule has 0 amide bonds. The van der Waals surface area contributed by atoms with Crippen LogP contribution in [0, 0.1) is 6.92 Å². The number of carboxylic acid groups (broad SMARTS) is 1. The van der Waals surface area contributed by atoms with E-state index in [1.165, 1.54) is 12.1 Å². The first-order valence-electron chi connectivity index (χ1n) is 7.19.